The Kier molecular flexibility index (Phi) is 3.93. The van der Waals surface area contributed by atoms with Crippen molar-refractivity contribution in [1.29, 1.82) is 0 Å². The first kappa shape index (κ1) is 12.3. The number of β-amino-alcohol motifs (C(OH)–C–C–N with tert-alkyl or cyclic N) is 1. The second kappa shape index (κ2) is 5.44. The van der Waals surface area contributed by atoms with Gasteiger partial charge in [-0.3, -0.25) is 4.90 Å². The summed E-state index contributed by atoms with van der Waals surface area (Å²) in [6.07, 6.45) is 2.52. The molecule has 0 spiro atoms. The average molecular weight is 236 g/mol. The molecule has 0 aliphatic carbocycles. The standard InChI is InChI=1S/C12H20N4O/c1-9-4-6-16(8-11(9)17)7-10-3-2-5-14-12(10)15-13/h2-3,5,9,11,17H,4,6-8,13H2,1H3,(H,14,15). The number of hydrazine groups is 1. The van der Waals surface area contributed by atoms with Crippen molar-refractivity contribution in [3.63, 3.8) is 0 Å². The lowest BCUT2D eigenvalue weighted by Gasteiger charge is -2.34. The number of hydrogen-bond donors (Lipinski definition) is 3. The van der Waals surface area contributed by atoms with Crippen LogP contribution in [0.3, 0.4) is 0 Å². The van der Waals surface area contributed by atoms with Crippen molar-refractivity contribution in [2.75, 3.05) is 18.5 Å². The number of hydrogen-bond acceptors (Lipinski definition) is 5. The molecule has 2 heterocycles. The molecule has 5 heteroatoms. The van der Waals surface area contributed by atoms with Crippen LogP contribution in [-0.2, 0) is 6.54 Å². The van der Waals surface area contributed by atoms with Crippen molar-refractivity contribution in [3.8, 4) is 0 Å². The smallest absolute Gasteiger partial charge is 0.144 e. The van der Waals surface area contributed by atoms with Crippen LogP contribution in [0.1, 0.15) is 18.9 Å². The highest BCUT2D eigenvalue weighted by atomic mass is 16.3. The number of anilines is 1. The van der Waals surface area contributed by atoms with Crippen LogP contribution in [0.2, 0.25) is 0 Å². The summed E-state index contributed by atoms with van der Waals surface area (Å²) < 4.78 is 0. The molecular weight excluding hydrogens is 216 g/mol. The highest BCUT2D eigenvalue weighted by molar-refractivity contribution is 5.42. The van der Waals surface area contributed by atoms with Crippen LogP contribution in [0, 0.1) is 5.92 Å². The third kappa shape index (κ3) is 2.94. The van der Waals surface area contributed by atoms with Gasteiger partial charge in [0.05, 0.1) is 6.10 Å². The van der Waals surface area contributed by atoms with Crippen molar-refractivity contribution < 1.29 is 5.11 Å². The van der Waals surface area contributed by atoms with Crippen molar-refractivity contribution in [2.24, 2.45) is 11.8 Å². The summed E-state index contributed by atoms with van der Waals surface area (Å²) in [5.74, 6) is 6.53. The fraction of sp³-hybridized carbons (Fsp3) is 0.583. The summed E-state index contributed by atoms with van der Waals surface area (Å²) >= 11 is 0. The molecule has 0 aromatic carbocycles. The summed E-state index contributed by atoms with van der Waals surface area (Å²) in [5, 5.41) is 9.86. The molecule has 2 rings (SSSR count). The lowest BCUT2D eigenvalue weighted by molar-refractivity contribution is 0.0259. The molecule has 1 fully saturated rings. The minimum Gasteiger partial charge on any atom is -0.392 e. The van der Waals surface area contributed by atoms with E-state index in [0.717, 1.165) is 31.6 Å². The Morgan fingerprint density at radius 2 is 2.47 bits per heavy atom. The number of aromatic nitrogens is 1. The van der Waals surface area contributed by atoms with Gasteiger partial charge in [0.1, 0.15) is 5.82 Å². The first-order valence-corrected chi connectivity index (χ1v) is 6.01. The summed E-state index contributed by atoms with van der Waals surface area (Å²) in [6, 6.07) is 3.91. The lowest BCUT2D eigenvalue weighted by Crippen LogP contribution is -2.42. The number of nitrogens with two attached hydrogens (primary N) is 1. The fourth-order valence-electron chi connectivity index (χ4n) is 2.20. The second-order valence-corrected chi connectivity index (χ2v) is 4.72. The molecule has 5 nitrogen and oxygen atoms in total. The van der Waals surface area contributed by atoms with Crippen molar-refractivity contribution in [2.45, 2.75) is 26.0 Å². The molecule has 1 saturated heterocycles. The van der Waals surface area contributed by atoms with Crippen LogP contribution in [0.25, 0.3) is 0 Å². The minimum absolute atomic E-state index is 0.227. The highest BCUT2D eigenvalue weighted by Crippen LogP contribution is 2.20. The molecule has 17 heavy (non-hydrogen) atoms. The summed E-state index contributed by atoms with van der Waals surface area (Å²) in [4.78, 5) is 6.41. The average Bonchev–Trinajstić information content (AvgIpc) is 2.34. The van der Waals surface area contributed by atoms with Crippen LogP contribution < -0.4 is 11.3 Å². The largest absolute Gasteiger partial charge is 0.392 e. The number of nitrogen functional groups attached to an aromatic ring is 1. The molecule has 4 N–H and O–H groups in total. The van der Waals surface area contributed by atoms with Gasteiger partial charge in [0, 0.05) is 24.8 Å². The van der Waals surface area contributed by atoms with Crippen molar-refractivity contribution in [3.05, 3.63) is 23.9 Å². The molecule has 1 aromatic heterocycles. The molecule has 2 unspecified atom stereocenters. The van der Waals surface area contributed by atoms with Gasteiger partial charge >= 0.3 is 0 Å². The van der Waals surface area contributed by atoms with Gasteiger partial charge in [-0.25, -0.2) is 10.8 Å². The SMILES string of the molecule is CC1CCN(Cc2cccnc2NN)CC1O. The van der Waals surface area contributed by atoms with E-state index in [4.69, 9.17) is 5.84 Å². The van der Waals surface area contributed by atoms with Gasteiger partial charge in [-0.1, -0.05) is 13.0 Å². The number of pyridine rings is 1. The van der Waals surface area contributed by atoms with E-state index in [-0.39, 0.29) is 6.10 Å². The Morgan fingerprint density at radius 1 is 1.65 bits per heavy atom. The Hall–Kier alpha value is -1.17. The van der Waals surface area contributed by atoms with Crippen LogP contribution in [0.4, 0.5) is 5.82 Å². The monoisotopic (exact) mass is 236 g/mol. The molecule has 0 saturated carbocycles. The van der Waals surface area contributed by atoms with Crippen LogP contribution in [0.5, 0.6) is 0 Å². The molecule has 1 aromatic rings. The minimum atomic E-state index is -0.227. The zero-order valence-electron chi connectivity index (χ0n) is 10.1. The van der Waals surface area contributed by atoms with E-state index in [9.17, 15) is 5.11 Å². The third-order valence-corrected chi connectivity index (χ3v) is 3.42. The van der Waals surface area contributed by atoms with Crippen LogP contribution in [-0.4, -0.2) is 34.2 Å². The van der Waals surface area contributed by atoms with E-state index < -0.39 is 0 Å². The quantitative estimate of drug-likeness (QED) is 0.528. The van der Waals surface area contributed by atoms with Crippen LogP contribution in [0.15, 0.2) is 18.3 Å². The first-order chi connectivity index (χ1) is 8.20. The van der Waals surface area contributed by atoms with E-state index in [0.29, 0.717) is 11.7 Å². The number of nitrogens with one attached hydrogen (secondary N) is 1. The molecule has 94 valence electrons. The maximum absolute atomic E-state index is 9.86. The highest BCUT2D eigenvalue weighted by Gasteiger charge is 2.24. The van der Waals surface area contributed by atoms with Gasteiger partial charge in [0.2, 0.25) is 0 Å². The second-order valence-electron chi connectivity index (χ2n) is 4.72. The van der Waals surface area contributed by atoms with Gasteiger partial charge in [-0.15, -0.1) is 0 Å². The van der Waals surface area contributed by atoms with Crippen molar-refractivity contribution >= 4 is 5.82 Å². The summed E-state index contributed by atoms with van der Waals surface area (Å²) in [6.45, 7) is 4.60. The number of aliphatic hydroxyl groups is 1. The van der Waals surface area contributed by atoms with E-state index in [1.807, 2.05) is 12.1 Å². The van der Waals surface area contributed by atoms with E-state index in [2.05, 4.69) is 22.2 Å². The molecule has 0 bridgehead atoms. The van der Waals surface area contributed by atoms with E-state index in [1.54, 1.807) is 6.20 Å². The molecule has 0 radical (unpaired) electrons. The normalized spacial score (nSPS) is 25.8. The molecular formula is C12H20N4O. The Morgan fingerprint density at radius 3 is 3.18 bits per heavy atom. The molecule has 0 amide bonds. The summed E-state index contributed by atoms with van der Waals surface area (Å²) in [7, 11) is 0. The number of likely N-dealkylation sites (tertiary alicyclic amines) is 1. The molecule has 1 aliphatic heterocycles. The molecule has 1 aliphatic rings. The number of piperidine rings is 1. The third-order valence-electron chi connectivity index (χ3n) is 3.42. The number of rotatable bonds is 3. The topological polar surface area (TPSA) is 74.4 Å². The zero-order chi connectivity index (χ0) is 12.3. The van der Waals surface area contributed by atoms with E-state index >= 15 is 0 Å². The van der Waals surface area contributed by atoms with Gasteiger partial charge < -0.3 is 10.5 Å². The Labute approximate surface area is 102 Å². The lowest BCUT2D eigenvalue weighted by atomic mass is 9.96. The fourth-order valence-corrected chi connectivity index (χ4v) is 2.20. The van der Waals surface area contributed by atoms with Crippen LogP contribution >= 0.6 is 0 Å². The van der Waals surface area contributed by atoms with Crippen molar-refractivity contribution in [1.82, 2.24) is 9.88 Å². The van der Waals surface area contributed by atoms with Gasteiger partial charge in [-0.05, 0) is 24.9 Å². The first-order valence-electron chi connectivity index (χ1n) is 6.01. The van der Waals surface area contributed by atoms with Gasteiger partial charge in [-0.2, -0.15) is 0 Å². The predicted molar refractivity (Wildman–Crippen MR) is 67.1 cm³/mol. The maximum atomic E-state index is 9.86. The maximum Gasteiger partial charge on any atom is 0.144 e. The number of aliphatic hydroxyl groups excluding tert-OH is 1. The van der Waals surface area contributed by atoms with E-state index in [1.165, 1.54) is 0 Å². The van der Waals surface area contributed by atoms with Gasteiger partial charge in [0.25, 0.3) is 0 Å². The zero-order valence-corrected chi connectivity index (χ0v) is 10.1. The summed E-state index contributed by atoms with van der Waals surface area (Å²) in [5.41, 5.74) is 3.67. The predicted octanol–water partition coefficient (Wildman–Crippen LogP) is 0.570. The Bertz CT molecular complexity index is 371. The van der Waals surface area contributed by atoms with Gasteiger partial charge in [0.15, 0.2) is 0 Å². The Balaban J connectivity index is 2.01. The number of nitrogens with zero attached hydrogens (tertiary/aromatic N) is 2. The molecule has 2 atom stereocenters.